The van der Waals surface area contributed by atoms with Crippen LogP contribution in [0.15, 0.2) is 0 Å². The molecule has 0 saturated heterocycles. The molecule has 0 aromatic heterocycles. The number of amides is 1. The summed E-state index contributed by atoms with van der Waals surface area (Å²) in [5, 5.41) is 0. The Kier molecular flexibility index (Phi) is 4.35. The quantitative estimate of drug-likeness (QED) is 0.673. The highest BCUT2D eigenvalue weighted by Crippen LogP contribution is 2.27. The Morgan fingerprint density at radius 3 is 2.71 bits per heavy atom. The fraction of sp³-hybridized carbons (Fsp3) is 0.900. The Hall–Kier alpha value is -0.610. The standard InChI is InChI=1S/C10H20N2O2/c1-3-6-12(8-4-5-8)10(13)9(11)7-14-2/h8-9H,3-7,11H2,1-2H3. The predicted octanol–water partition coefficient (Wildman–Crippen LogP) is 0.361. The normalized spacial score (nSPS) is 17.9. The van der Waals surface area contributed by atoms with E-state index in [2.05, 4.69) is 6.92 Å². The van der Waals surface area contributed by atoms with Gasteiger partial charge in [0.15, 0.2) is 0 Å². The molecular weight excluding hydrogens is 180 g/mol. The maximum Gasteiger partial charge on any atom is 0.242 e. The zero-order chi connectivity index (χ0) is 10.6. The molecule has 1 unspecified atom stereocenters. The van der Waals surface area contributed by atoms with Gasteiger partial charge in [0.1, 0.15) is 6.04 Å². The molecule has 2 N–H and O–H groups in total. The van der Waals surface area contributed by atoms with Crippen molar-refractivity contribution in [2.24, 2.45) is 5.73 Å². The maximum atomic E-state index is 11.8. The van der Waals surface area contributed by atoms with E-state index >= 15 is 0 Å². The summed E-state index contributed by atoms with van der Waals surface area (Å²) in [5.41, 5.74) is 5.71. The molecule has 4 nitrogen and oxygen atoms in total. The molecular formula is C10H20N2O2. The van der Waals surface area contributed by atoms with Crippen molar-refractivity contribution in [3.8, 4) is 0 Å². The van der Waals surface area contributed by atoms with Crippen LogP contribution in [0.2, 0.25) is 0 Å². The molecule has 1 aliphatic rings. The molecule has 1 atom stereocenters. The molecule has 14 heavy (non-hydrogen) atoms. The van der Waals surface area contributed by atoms with Crippen molar-refractivity contribution in [3.05, 3.63) is 0 Å². The first-order valence-electron chi connectivity index (χ1n) is 5.25. The summed E-state index contributed by atoms with van der Waals surface area (Å²) >= 11 is 0. The molecule has 0 aliphatic heterocycles. The lowest BCUT2D eigenvalue weighted by atomic mass is 10.2. The monoisotopic (exact) mass is 200 g/mol. The zero-order valence-corrected chi connectivity index (χ0v) is 9.03. The van der Waals surface area contributed by atoms with Crippen LogP contribution in [0.25, 0.3) is 0 Å². The van der Waals surface area contributed by atoms with Gasteiger partial charge in [-0.1, -0.05) is 6.92 Å². The average Bonchev–Trinajstić information content (AvgIpc) is 2.97. The Morgan fingerprint density at radius 2 is 2.29 bits per heavy atom. The van der Waals surface area contributed by atoms with Gasteiger partial charge in [0, 0.05) is 19.7 Å². The molecule has 1 saturated carbocycles. The first-order valence-corrected chi connectivity index (χ1v) is 5.25. The summed E-state index contributed by atoms with van der Waals surface area (Å²) in [6.07, 6.45) is 3.25. The van der Waals surface area contributed by atoms with Gasteiger partial charge < -0.3 is 15.4 Å². The number of nitrogens with two attached hydrogens (primary N) is 1. The highest BCUT2D eigenvalue weighted by molar-refractivity contribution is 5.82. The summed E-state index contributed by atoms with van der Waals surface area (Å²) < 4.78 is 4.88. The Labute approximate surface area is 85.4 Å². The third-order valence-electron chi connectivity index (χ3n) is 2.40. The fourth-order valence-corrected chi connectivity index (χ4v) is 1.56. The summed E-state index contributed by atoms with van der Waals surface area (Å²) in [7, 11) is 1.56. The lowest BCUT2D eigenvalue weighted by molar-refractivity contribution is -0.134. The van der Waals surface area contributed by atoms with Crippen LogP contribution in [-0.2, 0) is 9.53 Å². The van der Waals surface area contributed by atoms with Gasteiger partial charge in [-0.2, -0.15) is 0 Å². The highest BCUT2D eigenvalue weighted by atomic mass is 16.5. The number of rotatable bonds is 6. The van der Waals surface area contributed by atoms with E-state index < -0.39 is 6.04 Å². The van der Waals surface area contributed by atoms with Crippen LogP contribution in [0.3, 0.4) is 0 Å². The molecule has 4 heteroatoms. The average molecular weight is 200 g/mol. The van der Waals surface area contributed by atoms with Crippen LogP contribution in [-0.4, -0.2) is 43.2 Å². The Morgan fingerprint density at radius 1 is 1.64 bits per heavy atom. The SMILES string of the molecule is CCCN(C(=O)C(N)COC)C1CC1. The van der Waals surface area contributed by atoms with Crippen molar-refractivity contribution < 1.29 is 9.53 Å². The van der Waals surface area contributed by atoms with E-state index in [-0.39, 0.29) is 5.91 Å². The van der Waals surface area contributed by atoms with E-state index in [1.54, 1.807) is 7.11 Å². The number of carbonyl (C=O) groups is 1. The topological polar surface area (TPSA) is 55.6 Å². The van der Waals surface area contributed by atoms with E-state index in [1.165, 1.54) is 0 Å². The van der Waals surface area contributed by atoms with Crippen LogP contribution in [0, 0.1) is 0 Å². The smallest absolute Gasteiger partial charge is 0.242 e. The van der Waals surface area contributed by atoms with Crippen LogP contribution in [0.1, 0.15) is 26.2 Å². The van der Waals surface area contributed by atoms with Crippen molar-refractivity contribution in [1.29, 1.82) is 0 Å². The number of methoxy groups -OCH3 is 1. The maximum absolute atomic E-state index is 11.8. The van der Waals surface area contributed by atoms with Gasteiger partial charge in [0.25, 0.3) is 0 Å². The Bertz CT molecular complexity index is 193. The number of nitrogens with zero attached hydrogens (tertiary/aromatic N) is 1. The van der Waals surface area contributed by atoms with Crippen molar-refractivity contribution in [2.45, 2.75) is 38.3 Å². The summed E-state index contributed by atoms with van der Waals surface area (Å²) in [4.78, 5) is 13.7. The van der Waals surface area contributed by atoms with Crippen LogP contribution in [0.4, 0.5) is 0 Å². The third kappa shape index (κ3) is 2.96. The second-order valence-corrected chi connectivity index (χ2v) is 3.82. The van der Waals surface area contributed by atoms with E-state index in [9.17, 15) is 4.79 Å². The van der Waals surface area contributed by atoms with Crippen molar-refractivity contribution in [2.75, 3.05) is 20.3 Å². The molecule has 0 radical (unpaired) electrons. The van der Waals surface area contributed by atoms with Gasteiger partial charge in [-0.05, 0) is 19.3 Å². The van der Waals surface area contributed by atoms with Gasteiger partial charge in [-0.3, -0.25) is 4.79 Å². The van der Waals surface area contributed by atoms with Crippen molar-refractivity contribution in [1.82, 2.24) is 4.90 Å². The van der Waals surface area contributed by atoms with Crippen molar-refractivity contribution >= 4 is 5.91 Å². The predicted molar refractivity (Wildman–Crippen MR) is 54.9 cm³/mol. The summed E-state index contributed by atoms with van der Waals surface area (Å²) in [6, 6.07) is -0.0440. The van der Waals surface area contributed by atoms with Crippen LogP contribution < -0.4 is 5.73 Å². The molecule has 0 aromatic carbocycles. The first kappa shape index (κ1) is 11.5. The largest absolute Gasteiger partial charge is 0.383 e. The van der Waals surface area contributed by atoms with E-state index in [0.717, 1.165) is 25.8 Å². The fourth-order valence-electron chi connectivity index (χ4n) is 1.56. The van der Waals surface area contributed by atoms with Gasteiger partial charge in [0.05, 0.1) is 6.61 Å². The first-order chi connectivity index (χ1) is 6.70. The van der Waals surface area contributed by atoms with E-state index in [4.69, 9.17) is 10.5 Å². The molecule has 0 heterocycles. The summed E-state index contributed by atoms with van der Waals surface area (Å²) in [5.74, 6) is 0.0381. The Balaban J connectivity index is 2.44. The molecule has 1 amide bonds. The van der Waals surface area contributed by atoms with Crippen molar-refractivity contribution in [3.63, 3.8) is 0 Å². The lowest BCUT2D eigenvalue weighted by Gasteiger charge is -2.24. The number of ether oxygens (including phenoxy) is 1. The zero-order valence-electron chi connectivity index (χ0n) is 9.03. The molecule has 1 rings (SSSR count). The number of hydrogen-bond acceptors (Lipinski definition) is 3. The van der Waals surface area contributed by atoms with E-state index in [1.807, 2.05) is 4.90 Å². The number of carbonyl (C=O) groups excluding carboxylic acids is 1. The summed E-state index contributed by atoms with van der Waals surface area (Å²) in [6.45, 7) is 3.21. The van der Waals surface area contributed by atoms with Gasteiger partial charge >= 0.3 is 0 Å². The molecule has 1 fully saturated rings. The van der Waals surface area contributed by atoms with Crippen LogP contribution >= 0.6 is 0 Å². The lowest BCUT2D eigenvalue weighted by Crippen LogP contribution is -2.47. The number of hydrogen-bond donors (Lipinski definition) is 1. The molecule has 82 valence electrons. The highest BCUT2D eigenvalue weighted by Gasteiger charge is 2.33. The second-order valence-electron chi connectivity index (χ2n) is 3.82. The van der Waals surface area contributed by atoms with Gasteiger partial charge in [-0.25, -0.2) is 0 Å². The molecule has 1 aliphatic carbocycles. The molecule has 0 aromatic rings. The third-order valence-corrected chi connectivity index (χ3v) is 2.40. The van der Waals surface area contributed by atoms with Crippen LogP contribution in [0.5, 0.6) is 0 Å². The molecule has 0 spiro atoms. The van der Waals surface area contributed by atoms with Gasteiger partial charge in [0.2, 0.25) is 5.91 Å². The minimum Gasteiger partial charge on any atom is -0.383 e. The minimum absolute atomic E-state index is 0.0381. The van der Waals surface area contributed by atoms with E-state index in [0.29, 0.717) is 12.6 Å². The minimum atomic E-state index is -0.493. The van der Waals surface area contributed by atoms with Gasteiger partial charge in [-0.15, -0.1) is 0 Å². The second kappa shape index (κ2) is 5.32. The molecule has 0 bridgehead atoms.